The van der Waals surface area contributed by atoms with Crippen molar-refractivity contribution < 1.29 is 4.74 Å². The molecule has 2 aromatic rings. The number of methoxy groups -OCH3 is 1. The van der Waals surface area contributed by atoms with Crippen molar-refractivity contribution in [1.29, 1.82) is 5.41 Å². The van der Waals surface area contributed by atoms with Crippen molar-refractivity contribution in [3.05, 3.63) is 28.6 Å². The molecule has 0 unspecified atom stereocenters. The molecule has 5 heteroatoms. The molecule has 0 aliphatic rings. The van der Waals surface area contributed by atoms with E-state index in [9.17, 15) is 0 Å². The summed E-state index contributed by atoms with van der Waals surface area (Å²) in [7, 11) is 1.50. The van der Waals surface area contributed by atoms with Crippen LogP contribution in [0.4, 0.5) is 0 Å². The first kappa shape index (κ1) is 11.9. The fraction of sp³-hybridized carbons (Fsp3) is 0.333. The van der Waals surface area contributed by atoms with Gasteiger partial charge < -0.3 is 4.74 Å². The Balaban J connectivity index is 2.48. The molecule has 0 aliphatic heterocycles. The van der Waals surface area contributed by atoms with Gasteiger partial charge in [-0.2, -0.15) is 16.4 Å². The molecular weight excluding hydrogens is 234 g/mol. The van der Waals surface area contributed by atoms with Gasteiger partial charge in [0.05, 0.1) is 12.8 Å². The second kappa shape index (κ2) is 4.71. The summed E-state index contributed by atoms with van der Waals surface area (Å²) < 4.78 is 6.80. The summed E-state index contributed by atoms with van der Waals surface area (Å²) in [5.74, 6) is 0.146. The highest BCUT2D eigenvalue weighted by Gasteiger charge is 2.16. The molecule has 0 bridgehead atoms. The van der Waals surface area contributed by atoms with E-state index in [0.29, 0.717) is 5.69 Å². The maximum Gasteiger partial charge on any atom is 0.231 e. The summed E-state index contributed by atoms with van der Waals surface area (Å²) >= 11 is 1.64. The van der Waals surface area contributed by atoms with E-state index in [1.165, 1.54) is 7.11 Å². The molecule has 0 amide bonds. The minimum atomic E-state index is 0.146. The number of thiophene rings is 1. The average Bonchev–Trinajstić information content (AvgIpc) is 2.95. The summed E-state index contributed by atoms with van der Waals surface area (Å²) in [6.07, 6.45) is 0. The molecule has 90 valence electrons. The minimum absolute atomic E-state index is 0.146. The van der Waals surface area contributed by atoms with E-state index in [4.69, 9.17) is 10.1 Å². The lowest BCUT2D eigenvalue weighted by Crippen LogP contribution is -2.13. The first-order chi connectivity index (χ1) is 8.13. The van der Waals surface area contributed by atoms with Gasteiger partial charge in [0.25, 0.3) is 0 Å². The fourth-order valence-corrected chi connectivity index (χ4v) is 2.26. The second-order valence-corrected chi connectivity index (χ2v) is 4.78. The third kappa shape index (κ3) is 2.24. The standard InChI is InChI=1S/C12H15N3OS/c1-8(2)15-11(12(13)16-3)6-10(14-15)9-4-5-17-7-9/h4-8,13H,1-3H3. The van der Waals surface area contributed by atoms with E-state index in [0.717, 1.165) is 11.3 Å². The largest absolute Gasteiger partial charge is 0.480 e. The molecule has 1 N–H and O–H groups in total. The van der Waals surface area contributed by atoms with Crippen LogP contribution < -0.4 is 0 Å². The summed E-state index contributed by atoms with van der Waals surface area (Å²) in [4.78, 5) is 0. The van der Waals surface area contributed by atoms with Crippen molar-refractivity contribution in [3.8, 4) is 11.3 Å². The fourth-order valence-electron chi connectivity index (χ4n) is 1.61. The maximum absolute atomic E-state index is 7.77. The Bertz CT molecular complexity index is 514. The SMILES string of the molecule is COC(=N)c1cc(-c2ccsc2)nn1C(C)C. The number of rotatable bonds is 3. The van der Waals surface area contributed by atoms with Crippen molar-refractivity contribution in [1.82, 2.24) is 9.78 Å². The van der Waals surface area contributed by atoms with E-state index in [1.54, 1.807) is 11.3 Å². The lowest BCUT2D eigenvalue weighted by molar-refractivity contribution is 0.392. The van der Waals surface area contributed by atoms with Gasteiger partial charge in [-0.15, -0.1) is 0 Å². The Kier molecular flexibility index (Phi) is 3.28. The molecule has 17 heavy (non-hydrogen) atoms. The van der Waals surface area contributed by atoms with Gasteiger partial charge in [-0.05, 0) is 31.4 Å². The molecule has 0 radical (unpaired) electrons. The third-order valence-corrected chi connectivity index (χ3v) is 3.16. The lowest BCUT2D eigenvalue weighted by atomic mass is 10.2. The number of hydrogen-bond acceptors (Lipinski definition) is 4. The van der Waals surface area contributed by atoms with Crippen LogP contribution in [-0.2, 0) is 4.74 Å². The van der Waals surface area contributed by atoms with E-state index in [2.05, 4.69) is 5.10 Å². The summed E-state index contributed by atoms with van der Waals surface area (Å²) in [6.45, 7) is 4.08. The monoisotopic (exact) mass is 249 g/mol. The van der Waals surface area contributed by atoms with Crippen LogP contribution in [0.3, 0.4) is 0 Å². The summed E-state index contributed by atoms with van der Waals surface area (Å²) in [5.41, 5.74) is 2.68. The van der Waals surface area contributed by atoms with Crippen molar-refractivity contribution in [3.63, 3.8) is 0 Å². The molecule has 2 heterocycles. The molecule has 4 nitrogen and oxygen atoms in total. The molecule has 2 rings (SSSR count). The molecule has 0 spiro atoms. The predicted octanol–water partition coefficient (Wildman–Crippen LogP) is 3.16. The molecule has 0 aliphatic carbocycles. The highest BCUT2D eigenvalue weighted by atomic mass is 32.1. The Morgan fingerprint density at radius 2 is 2.29 bits per heavy atom. The molecule has 0 atom stereocenters. The van der Waals surface area contributed by atoms with E-state index < -0.39 is 0 Å². The number of nitrogens with zero attached hydrogens (tertiary/aromatic N) is 2. The van der Waals surface area contributed by atoms with Gasteiger partial charge in [-0.1, -0.05) is 0 Å². The van der Waals surface area contributed by atoms with Gasteiger partial charge in [0.2, 0.25) is 5.90 Å². The lowest BCUT2D eigenvalue weighted by Gasteiger charge is -2.10. The number of nitrogens with one attached hydrogen (secondary N) is 1. The third-order valence-electron chi connectivity index (χ3n) is 2.48. The van der Waals surface area contributed by atoms with Gasteiger partial charge >= 0.3 is 0 Å². The first-order valence-corrected chi connectivity index (χ1v) is 6.32. The van der Waals surface area contributed by atoms with E-state index in [-0.39, 0.29) is 11.9 Å². The molecule has 2 aromatic heterocycles. The van der Waals surface area contributed by atoms with Crippen LogP contribution >= 0.6 is 11.3 Å². The number of hydrogen-bond donors (Lipinski definition) is 1. The van der Waals surface area contributed by atoms with Crippen LogP contribution in [0.25, 0.3) is 11.3 Å². The van der Waals surface area contributed by atoms with Crippen LogP contribution in [0.2, 0.25) is 0 Å². The highest BCUT2D eigenvalue weighted by molar-refractivity contribution is 7.08. The van der Waals surface area contributed by atoms with Crippen molar-refractivity contribution >= 4 is 17.2 Å². The van der Waals surface area contributed by atoms with Crippen LogP contribution in [0.1, 0.15) is 25.6 Å². The zero-order chi connectivity index (χ0) is 12.4. The van der Waals surface area contributed by atoms with Gasteiger partial charge in [-0.25, -0.2) is 0 Å². The van der Waals surface area contributed by atoms with Gasteiger partial charge in [0.15, 0.2) is 0 Å². The second-order valence-electron chi connectivity index (χ2n) is 4.00. The Hall–Kier alpha value is -1.62. The Morgan fingerprint density at radius 3 is 2.82 bits per heavy atom. The first-order valence-electron chi connectivity index (χ1n) is 5.38. The molecular formula is C12H15N3OS. The maximum atomic E-state index is 7.77. The van der Waals surface area contributed by atoms with Crippen molar-refractivity contribution in [2.45, 2.75) is 19.9 Å². The summed E-state index contributed by atoms with van der Waals surface area (Å²) in [5, 5.41) is 16.4. The molecule has 0 aromatic carbocycles. The Morgan fingerprint density at radius 1 is 1.53 bits per heavy atom. The summed E-state index contributed by atoms with van der Waals surface area (Å²) in [6, 6.07) is 4.12. The van der Waals surface area contributed by atoms with E-state index in [1.807, 2.05) is 41.4 Å². The van der Waals surface area contributed by atoms with Crippen LogP contribution in [0.15, 0.2) is 22.9 Å². The van der Waals surface area contributed by atoms with Crippen molar-refractivity contribution in [2.75, 3.05) is 7.11 Å². The zero-order valence-electron chi connectivity index (χ0n) is 10.1. The quantitative estimate of drug-likeness (QED) is 0.671. The van der Waals surface area contributed by atoms with E-state index >= 15 is 0 Å². The predicted molar refractivity (Wildman–Crippen MR) is 69.8 cm³/mol. The van der Waals surface area contributed by atoms with Crippen LogP contribution in [0, 0.1) is 5.41 Å². The zero-order valence-corrected chi connectivity index (χ0v) is 10.9. The molecule has 0 saturated heterocycles. The van der Waals surface area contributed by atoms with Crippen LogP contribution in [-0.4, -0.2) is 22.8 Å². The average molecular weight is 249 g/mol. The topological polar surface area (TPSA) is 50.9 Å². The number of aromatic nitrogens is 2. The van der Waals surface area contributed by atoms with Crippen molar-refractivity contribution in [2.24, 2.45) is 0 Å². The van der Waals surface area contributed by atoms with Gasteiger partial charge in [0.1, 0.15) is 5.69 Å². The Labute approximate surface area is 104 Å². The molecule has 0 saturated carbocycles. The number of ether oxygens (including phenoxy) is 1. The minimum Gasteiger partial charge on any atom is -0.480 e. The van der Waals surface area contributed by atoms with Gasteiger partial charge in [0, 0.05) is 17.0 Å². The smallest absolute Gasteiger partial charge is 0.231 e. The van der Waals surface area contributed by atoms with Crippen LogP contribution in [0.5, 0.6) is 0 Å². The molecule has 0 fully saturated rings. The van der Waals surface area contributed by atoms with Gasteiger partial charge in [-0.3, -0.25) is 10.1 Å². The highest BCUT2D eigenvalue weighted by Crippen LogP contribution is 2.23. The normalized spacial score (nSPS) is 10.8.